The predicted molar refractivity (Wildman–Crippen MR) is 101 cm³/mol. The molecule has 1 saturated heterocycles. The minimum absolute atomic E-state index is 0.159. The lowest BCUT2D eigenvalue weighted by Gasteiger charge is -2.40. The van der Waals surface area contributed by atoms with Crippen LogP contribution in [0, 0.1) is 13.8 Å². The van der Waals surface area contributed by atoms with Crippen LogP contribution in [0.2, 0.25) is 0 Å². The molecular formula is C19H29BrN2O2. The van der Waals surface area contributed by atoms with E-state index in [9.17, 15) is 4.79 Å². The van der Waals surface area contributed by atoms with Gasteiger partial charge in [0.2, 0.25) is 0 Å². The van der Waals surface area contributed by atoms with Crippen LogP contribution in [0.3, 0.4) is 0 Å². The topological polar surface area (TPSA) is 32.8 Å². The maximum atomic E-state index is 12.3. The molecule has 1 atom stereocenters. The van der Waals surface area contributed by atoms with Crippen LogP contribution in [0.1, 0.15) is 44.4 Å². The molecular weight excluding hydrogens is 368 g/mol. The zero-order valence-corrected chi connectivity index (χ0v) is 17.2. The molecule has 0 aliphatic carbocycles. The van der Waals surface area contributed by atoms with Crippen LogP contribution >= 0.6 is 15.9 Å². The van der Waals surface area contributed by atoms with Crippen LogP contribution in [-0.4, -0.2) is 47.2 Å². The molecule has 1 aromatic rings. The normalized spacial score (nSPS) is 19.5. The molecule has 0 spiro atoms. The summed E-state index contributed by atoms with van der Waals surface area (Å²) in [4.78, 5) is 16.6. The van der Waals surface area contributed by atoms with Crippen molar-refractivity contribution in [3.63, 3.8) is 0 Å². The van der Waals surface area contributed by atoms with Crippen molar-refractivity contribution in [1.29, 1.82) is 0 Å². The SMILES string of the molecule is Cc1cc(CN2CCN(C(=O)OC(C)(C)C)[C@@H](C)C2)cc(C)c1Br. The van der Waals surface area contributed by atoms with E-state index in [1.165, 1.54) is 21.2 Å². The summed E-state index contributed by atoms with van der Waals surface area (Å²) in [5.74, 6) is 0. The highest BCUT2D eigenvalue weighted by Crippen LogP contribution is 2.24. The van der Waals surface area contributed by atoms with E-state index in [4.69, 9.17) is 4.74 Å². The third kappa shape index (κ3) is 4.96. The maximum absolute atomic E-state index is 12.3. The van der Waals surface area contributed by atoms with Gasteiger partial charge >= 0.3 is 6.09 Å². The van der Waals surface area contributed by atoms with Crippen LogP contribution in [0.15, 0.2) is 16.6 Å². The molecule has 1 aromatic carbocycles. The monoisotopic (exact) mass is 396 g/mol. The smallest absolute Gasteiger partial charge is 0.410 e. The number of carbonyl (C=O) groups is 1. The second-order valence-corrected chi connectivity index (χ2v) is 8.59. The standard InChI is InChI=1S/C19H29BrN2O2/c1-13-9-16(10-14(2)17(13)20)12-21-7-8-22(15(3)11-21)18(23)24-19(4,5)6/h9-10,15H,7-8,11-12H2,1-6H3/t15-/m0/s1. The van der Waals surface area contributed by atoms with Crippen molar-refractivity contribution in [2.75, 3.05) is 19.6 Å². The van der Waals surface area contributed by atoms with Gasteiger partial charge in [-0.15, -0.1) is 0 Å². The molecule has 0 bridgehead atoms. The molecule has 0 N–H and O–H groups in total. The minimum Gasteiger partial charge on any atom is -0.444 e. The Balaban J connectivity index is 1.97. The van der Waals surface area contributed by atoms with Gasteiger partial charge in [-0.3, -0.25) is 4.90 Å². The van der Waals surface area contributed by atoms with E-state index in [0.717, 1.165) is 19.6 Å². The molecule has 1 aliphatic heterocycles. The molecule has 1 aliphatic rings. The quantitative estimate of drug-likeness (QED) is 0.736. The number of hydrogen-bond acceptors (Lipinski definition) is 3. The molecule has 0 saturated carbocycles. The summed E-state index contributed by atoms with van der Waals surface area (Å²) < 4.78 is 6.70. The molecule has 0 radical (unpaired) electrons. The third-order valence-electron chi connectivity index (χ3n) is 4.24. The van der Waals surface area contributed by atoms with Gasteiger partial charge in [0.25, 0.3) is 0 Å². The van der Waals surface area contributed by atoms with Crippen LogP contribution in [-0.2, 0) is 11.3 Å². The second kappa shape index (κ2) is 7.44. The first-order valence-corrected chi connectivity index (χ1v) is 9.33. The predicted octanol–water partition coefficient (Wildman–Crippen LogP) is 4.51. The van der Waals surface area contributed by atoms with E-state index in [2.05, 4.69) is 53.7 Å². The van der Waals surface area contributed by atoms with Gasteiger partial charge in [-0.2, -0.15) is 0 Å². The fourth-order valence-corrected chi connectivity index (χ4v) is 3.38. The van der Waals surface area contributed by atoms with Crippen molar-refractivity contribution in [1.82, 2.24) is 9.80 Å². The largest absolute Gasteiger partial charge is 0.444 e. The number of piperazine rings is 1. The molecule has 0 unspecified atom stereocenters. The first kappa shape index (κ1) is 19.3. The lowest BCUT2D eigenvalue weighted by atomic mass is 10.1. The van der Waals surface area contributed by atoms with Crippen LogP contribution in [0.4, 0.5) is 4.79 Å². The van der Waals surface area contributed by atoms with Crippen molar-refractivity contribution < 1.29 is 9.53 Å². The molecule has 1 heterocycles. The number of amides is 1. The van der Waals surface area contributed by atoms with Gasteiger partial charge < -0.3 is 9.64 Å². The van der Waals surface area contributed by atoms with Crippen LogP contribution < -0.4 is 0 Å². The Morgan fingerprint density at radius 1 is 1.25 bits per heavy atom. The van der Waals surface area contributed by atoms with E-state index in [1.807, 2.05) is 25.7 Å². The second-order valence-electron chi connectivity index (χ2n) is 7.80. The van der Waals surface area contributed by atoms with Crippen LogP contribution in [0.5, 0.6) is 0 Å². The zero-order chi connectivity index (χ0) is 18.1. The van der Waals surface area contributed by atoms with E-state index >= 15 is 0 Å². The highest BCUT2D eigenvalue weighted by molar-refractivity contribution is 9.10. The van der Waals surface area contributed by atoms with E-state index in [0.29, 0.717) is 6.54 Å². The fraction of sp³-hybridized carbons (Fsp3) is 0.632. The zero-order valence-electron chi connectivity index (χ0n) is 15.6. The van der Waals surface area contributed by atoms with Gasteiger partial charge in [0.1, 0.15) is 5.60 Å². The first-order chi connectivity index (χ1) is 11.1. The Bertz CT molecular complexity index is 587. The number of halogens is 1. The fourth-order valence-electron chi connectivity index (χ4n) is 3.15. The molecule has 0 aromatic heterocycles. The van der Waals surface area contributed by atoms with E-state index < -0.39 is 5.60 Å². The molecule has 1 amide bonds. The third-order valence-corrected chi connectivity index (χ3v) is 5.49. The minimum atomic E-state index is -0.444. The number of aryl methyl sites for hydroxylation is 2. The summed E-state index contributed by atoms with van der Waals surface area (Å²) in [7, 11) is 0. The number of benzene rings is 1. The molecule has 5 heteroatoms. The van der Waals surface area contributed by atoms with Gasteiger partial charge in [-0.05, 0) is 58.2 Å². The van der Waals surface area contributed by atoms with Gasteiger partial charge in [0, 0.05) is 36.7 Å². The summed E-state index contributed by atoms with van der Waals surface area (Å²) in [6, 6.07) is 4.63. The van der Waals surface area contributed by atoms with Gasteiger partial charge in [-0.25, -0.2) is 4.79 Å². The van der Waals surface area contributed by atoms with Crippen LogP contribution in [0.25, 0.3) is 0 Å². The van der Waals surface area contributed by atoms with E-state index in [1.54, 1.807) is 0 Å². The summed E-state index contributed by atoms with van der Waals surface area (Å²) in [5.41, 5.74) is 3.42. The first-order valence-electron chi connectivity index (χ1n) is 8.54. The van der Waals surface area contributed by atoms with E-state index in [-0.39, 0.29) is 12.1 Å². The van der Waals surface area contributed by atoms with Gasteiger partial charge in [0.15, 0.2) is 0 Å². The summed E-state index contributed by atoms with van der Waals surface area (Å²) in [6.07, 6.45) is -0.204. The highest BCUT2D eigenvalue weighted by Gasteiger charge is 2.30. The number of rotatable bonds is 2. The number of hydrogen-bond donors (Lipinski definition) is 0. The lowest BCUT2D eigenvalue weighted by Crippen LogP contribution is -2.54. The molecule has 134 valence electrons. The molecule has 2 rings (SSSR count). The molecule has 1 fully saturated rings. The Morgan fingerprint density at radius 3 is 2.33 bits per heavy atom. The van der Waals surface area contributed by atoms with Crippen molar-refractivity contribution >= 4 is 22.0 Å². The number of ether oxygens (including phenoxy) is 1. The number of nitrogens with zero attached hydrogens (tertiary/aromatic N) is 2. The highest BCUT2D eigenvalue weighted by atomic mass is 79.9. The Hall–Kier alpha value is -1.07. The number of carbonyl (C=O) groups excluding carboxylic acids is 1. The van der Waals surface area contributed by atoms with Gasteiger partial charge in [-0.1, -0.05) is 28.1 Å². The molecule has 24 heavy (non-hydrogen) atoms. The summed E-state index contributed by atoms with van der Waals surface area (Å²) >= 11 is 3.62. The Labute approximate surface area is 154 Å². The average Bonchev–Trinajstić information content (AvgIpc) is 2.42. The van der Waals surface area contributed by atoms with Crippen molar-refractivity contribution in [3.05, 3.63) is 33.3 Å². The Kier molecular flexibility index (Phi) is 5.97. The van der Waals surface area contributed by atoms with Crippen molar-refractivity contribution in [3.8, 4) is 0 Å². The summed E-state index contributed by atoms with van der Waals surface area (Å²) in [6.45, 7) is 15.4. The Morgan fingerprint density at radius 2 is 1.83 bits per heavy atom. The average molecular weight is 397 g/mol. The lowest BCUT2D eigenvalue weighted by molar-refractivity contribution is 0.000563. The maximum Gasteiger partial charge on any atom is 0.410 e. The molecule has 4 nitrogen and oxygen atoms in total. The van der Waals surface area contributed by atoms with Crippen molar-refractivity contribution in [2.45, 2.75) is 59.7 Å². The summed E-state index contributed by atoms with van der Waals surface area (Å²) in [5, 5.41) is 0. The van der Waals surface area contributed by atoms with Crippen molar-refractivity contribution in [2.24, 2.45) is 0 Å². The van der Waals surface area contributed by atoms with Gasteiger partial charge in [0.05, 0.1) is 0 Å².